The van der Waals surface area contributed by atoms with Gasteiger partial charge in [0.2, 0.25) is 0 Å². The third-order valence-electron chi connectivity index (χ3n) is 2.51. The molecule has 0 fully saturated rings. The monoisotopic (exact) mass is 244 g/mol. The van der Waals surface area contributed by atoms with Gasteiger partial charge in [-0.05, 0) is 0 Å². The van der Waals surface area contributed by atoms with Crippen molar-refractivity contribution in [1.82, 2.24) is 0 Å². The van der Waals surface area contributed by atoms with E-state index in [9.17, 15) is 8.42 Å². The molecule has 0 heterocycles. The number of hydrogen-bond donors (Lipinski definition) is 1. The normalized spacial score (nSPS) is 11.9. The van der Waals surface area contributed by atoms with E-state index in [1.54, 1.807) is 0 Å². The average Bonchev–Trinajstić information content (AvgIpc) is 2.14. The van der Waals surface area contributed by atoms with Gasteiger partial charge in [0, 0.05) is 0 Å². The zero-order valence-corrected chi connectivity index (χ0v) is 12.6. The Bertz CT molecular complexity index is 227. The SMILES string of the molecule is O=S(=O)(O)CCCCCCCCC[CH2][Na]. The van der Waals surface area contributed by atoms with E-state index in [0.717, 1.165) is 12.8 Å². The van der Waals surface area contributed by atoms with Crippen molar-refractivity contribution in [2.75, 3.05) is 5.75 Å². The Morgan fingerprint density at radius 1 is 0.800 bits per heavy atom. The molecule has 0 aromatic carbocycles. The average molecular weight is 244 g/mol. The Hall–Kier alpha value is 0.910. The van der Waals surface area contributed by atoms with Gasteiger partial charge in [-0.2, -0.15) is 0 Å². The fourth-order valence-electron chi connectivity index (χ4n) is 1.60. The molecule has 0 aliphatic rings. The minimum absolute atomic E-state index is 0.0759. The summed E-state index contributed by atoms with van der Waals surface area (Å²) < 4.78 is 30.7. The fourth-order valence-corrected chi connectivity index (χ4v) is 2.66. The number of rotatable bonds is 10. The predicted octanol–water partition coefficient (Wildman–Crippen LogP) is 2.58. The van der Waals surface area contributed by atoms with E-state index in [2.05, 4.69) is 0 Å². The summed E-state index contributed by atoms with van der Waals surface area (Å²) in [4.78, 5) is 0. The third kappa shape index (κ3) is 14.9. The quantitative estimate of drug-likeness (QED) is 0.365. The molecule has 0 aromatic heterocycles. The zero-order chi connectivity index (χ0) is 11.6. The van der Waals surface area contributed by atoms with Crippen LogP contribution >= 0.6 is 0 Å². The molecule has 0 unspecified atom stereocenters. The van der Waals surface area contributed by atoms with Crippen LogP contribution in [-0.2, 0) is 10.1 Å². The second-order valence-corrected chi connectivity index (χ2v) is 6.69. The molecule has 0 aliphatic heterocycles. The van der Waals surface area contributed by atoms with Crippen LogP contribution in [0.25, 0.3) is 0 Å². The summed E-state index contributed by atoms with van der Waals surface area (Å²) in [6.07, 6.45) is 9.14. The summed E-state index contributed by atoms with van der Waals surface area (Å²) in [7, 11) is -3.73. The van der Waals surface area contributed by atoms with Crippen LogP contribution in [0.4, 0.5) is 0 Å². The van der Waals surface area contributed by atoms with Crippen molar-refractivity contribution in [3.63, 3.8) is 0 Å². The molecule has 3 nitrogen and oxygen atoms in total. The van der Waals surface area contributed by atoms with Crippen molar-refractivity contribution < 1.29 is 13.0 Å². The van der Waals surface area contributed by atoms with Gasteiger partial charge in [0.1, 0.15) is 0 Å². The van der Waals surface area contributed by atoms with Crippen molar-refractivity contribution in [3.8, 4) is 0 Å². The van der Waals surface area contributed by atoms with Crippen molar-refractivity contribution in [2.24, 2.45) is 0 Å². The van der Waals surface area contributed by atoms with E-state index in [1.807, 2.05) is 0 Å². The second kappa shape index (κ2) is 10.1. The van der Waals surface area contributed by atoms with Crippen LogP contribution in [0.15, 0.2) is 0 Å². The van der Waals surface area contributed by atoms with Gasteiger partial charge in [-0.25, -0.2) is 0 Å². The Morgan fingerprint density at radius 3 is 1.60 bits per heavy atom. The first kappa shape index (κ1) is 15.9. The zero-order valence-electron chi connectivity index (χ0n) is 9.74. The van der Waals surface area contributed by atoms with Gasteiger partial charge in [0.25, 0.3) is 0 Å². The maximum absolute atomic E-state index is 10.4. The van der Waals surface area contributed by atoms with Gasteiger partial charge < -0.3 is 0 Å². The van der Waals surface area contributed by atoms with Gasteiger partial charge >= 0.3 is 112 Å². The molecule has 0 saturated carbocycles. The topological polar surface area (TPSA) is 54.4 Å². The summed E-state index contributed by atoms with van der Waals surface area (Å²) in [5.41, 5.74) is 0. The van der Waals surface area contributed by atoms with Crippen LogP contribution in [0, 0.1) is 0 Å². The molecule has 1 N–H and O–H groups in total. The van der Waals surface area contributed by atoms with Gasteiger partial charge in [0.05, 0.1) is 0 Å². The van der Waals surface area contributed by atoms with E-state index < -0.39 is 10.1 Å². The Balaban J connectivity index is 3.06. The molecule has 5 heteroatoms. The van der Waals surface area contributed by atoms with Crippen molar-refractivity contribution in [1.29, 1.82) is 0 Å². The van der Waals surface area contributed by atoms with Crippen molar-refractivity contribution in [2.45, 2.75) is 55.0 Å². The van der Waals surface area contributed by atoms with E-state index in [-0.39, 0.29) is 5.75 Å². The Kier molecular flexibility index (Phi) is 10.7. The Labute approximate surface area is 111 Å². The summed E-state index contributed by atoms with van der Waals surface area (Å²) in [6, 6.07) is 0. The number of hydrogen-bond acceptors (Lipinski definition) is 2. The molecule has 86 valence electrons. The molecule has 0 rings (SSSR count). The molecular weight excluding hydrogens is 223 g/mol. The molecule has 0 bridgehead atoms. The molecule has 0 radical (unpaired) electrons. The first-order chi connectivity index (χ1) is 7.06. The summed E-state index contributed by atoms with van der Waals surface area (Å²) in [5.74, 6) is -0.0759. The standard InChI is InChI=1S/C10H21O3S.Na/c1-2-3-4-5-6-7-8-9-10-14(11,12)13;/h1-10H2,(H,11,12,13);. The summed E-state index contributed by atoms with van der Waals surface area (Å²) >= 11 is 1.32. The Morgan fingerprint density at radius 2 is 1.20 bits per heavy atom. The van der Waals surface area contributed by atoms with E-state index in [4.69, 9.17) is 4.55 Å². The molecule has 15 heavy (non-hydrogen) atoms. The molecule has 0 saturated heterocycles. The van der Waals surface area contributed by atoms with Crippen LogP contribution in [0.5, 0.6) is 0 Å². The molecule has 0 atom stereocenters. The van der Waals surface area contributed by atoms with Gasteiger partial charge in [-0.3, -0.25) is 0 Å². The molecule has 0 amide bonds. The van der Waals surface area contributed by atoms with E-state index >= 15 is 0 Å². The van der Waals surface area contributed by atoms with Crippen LogP contribution in [-0.4, -0.2) is 46.7 Å². The van der Waals surface area contributed by atoms with Crippen molar-refractivity contribution in [3.05, 3.63) is 0 Å². The molecular formula is C10H21NaO3S. The van der Waals surface area contributed by atoms with Gasteiger partial charge in [-0.15, -0.1) is 0 Å². The van der Waals surface area contributed by atoms with E-state index in [1.165, 1.54) is 63.7 Å². The molecule has 0 aliphatic carbocycles. The van der Waals surface area contributed by atoms with Gasteiger partial charge in [-0.1, -0.05) is 0 Å². The molecule has 0 aromatic rings. The van der Waals surface area contributed by atoms with Crippen LogP contribution in [0.1, 0.15) is 51.4 Å². The predicted molar refractivity (Wildman–Crippen MR) is 63.9 cm³/mol. The van der Waals surface area contributed by atoms with E-state index in [0.29, 0.717) is 6.42 Å². The van der Waals surface area contributed by atoms with Crippen molar-refractivity contribution >= 4 is 38.0 Å². The number of unbranched alkanes of at least 4 members (excludes halogenated alkanes) is 7. The first-order valence-electron chi connectivity index (χ1n) is 6.01. The van der Waals surface area contributed by atoms with Crippen LogP contribution in [0.3, 0.4) is 0 Å². The second-order valence-electron chi connectivity index (χ2n) is 4.11. The van der Waals surface area contributed by atoms with Gasteiger partial charge in [0.15, 0.2) is 0 Å². The fraction of sp³-hybridized carbons (Fsp3) is 1.00. The van der Waals surface area contributed by atoms with Crippen LogP contribution < -0.4 is 0 Å². The third-order valence-corrected chi connectivity index (χ3v) is 4.02. The summed E-state index contributed by atoms with van der Waals surface area (Å²) in [5, 5.41) is 0. The first-order valence-corrected chi connectivity index (χ1v) is 9.04. The molecule has 0 spiro atoms. The van der Waals surface area contributed by atoms with Crippen LogP contribution in [0.2, 0.25) is 3.67 Å². The minimum atomic E-state index is -3.73. The maximum atomic E-state index is 10.4. The summed E-state index contributed by atoms with van der Waals surface area (Å²) in [6.45, 7) is 0.